The van der Waals surface area contributed by atoms with E-state index in [1.54, 1.807) is 0 Å². The van der Waals surface area contributed by atoms with Crippen LogP contribution in [-0.2, 0) is 18.9 Å². The van der Waals surface area contributed by atoms with Gasteiger partial charge in [-0.25, -0.2) is 13.0 Å². The molecule has 0 heterocycles. The van der Waals surface area contributed by atoms with E-state index in [0.717, 1.165) is 0 Å². The van der Waals surface area contributed by atoms with Gasteiger partial charge >= 0.3 is 7.82 Å². The highest BCUT2D eigenvalue weighted by Gasteiger charge is 2.19. The Balaban J connectivity index is 2.73. The summed E-state index contributed by atoms with van der Waals surface area (Å²) in [6.45, 7) is -0.582. The maximum atomic E-state index is 11.7. The molecule has 9 heteroatoms. The summed E-state index contributed by atoms with van der Waals surface area (Å²) in [7, 11) is -8.30. The first-order chi connectivity index (χ1) is 7.71. The third kappa shape index (κ3) is 4.84. The molecule has 0 aliphatic carbocycles. The van der Waals surface area contributed by atoms with Crippen LogP contribution in [-0.4, -0.2) is 30.6 Å². The molecule has 0 fully saturated rings. The first-order valence-electron chi connectivity index (χ1n) is 4.49. The summed E-state index contributed by atoms with van der Waals surface area (Å²) < 4.78 is 37.8. The lowest BCUT2D eigenvalue weighted by molar-refractivity contribution is 0.207. The number of hydrogen-bond acceptors (Lipinski definition) is 5. The van der Waals surface area contributed by atoms with Crippen molar-refractivity contribution in [2.24, 2.45) is 0 Å². The van der Waals surface area contributed by atoms with Crippen LogP contribution in [0.15, 0.2) is 29.2 Å². The number of sulfone groups is 1. The summed E-state index contributed by atoms with van der Waals surface area (Å²) in [4.78, 5) is 16.8. The van der Waals surface area contributed by atoms with Crippen molar-refractivity contribution in [1.82, 2.24) is 0 Å². The molecule has 0 atom stereocenters. The summed E-state index contributed by atoms with van der Waals surface area (Å²) in [5.41, 5.74) is 5.73. The van der Waals surface area contributed by atoms with Gasteiger partial charge in [0.25, 0.3) is 0 Å². The van der Waals surface area contributed by atoms with E-state index in [1.165, 1.54) is 24.3 Å². The molecule has 0 aliphatic heterocycles. The van der Waals surface area contributed by atoms with Crippen molar-refractivity contribution in [2.45, 2.75) is 4.90 Å². The third-order valence-electron chi connectivity index (χ3n) is 1.83. The molecule has 0 saturated heterocycles. The second-order valence-electron chi connectivity index (χ2n) is 3.22. The minimum absolute atomic E-state index is 0.00758. The molecule has 0 radical (unpaired) electrons. The van der Waals surface area contributed by atoms with E-state index >= 15 is 0 Å². The fourth-order valence-corrected chi connectivity index (χ4v) is 2.68. The molecular formula is C8H12NO6PS. The average molecular weight is 281 g/mol. The van der Waals surface area contributed by atoms with Crippen molar-refractivity contribution >= 4 is 23.3 Å². The molecular weight excluding hydrogens is 269 g/mol. The van der Waals surface area contributed by atoms with Crippen molar-refractivity contribution < 1.29 is 27.3 Å². The van der Waals surface area contributed by atoms with Crippen LogP contribution in [0.2, 0.25) is 0 Å². The van der Waals surface area contributed by atoms with Gasteiger partial charge in [0, 0.05) is 5.69 Å². The topological polar surface area (TPSA) is 127 Å². The van der Waals surface area contributed by atoms with E-state index < -0.39 is 30.0 Å². The Hall–Kier alpha value is -0.920. The highest BCUT2D eigenvalue weighted by molar-refractivity contribution is 7.91. The number of anilines is 1. The second kappa shape index (κ2) is 5.16. The van der Waals surface area contributed by atoms with Crippen molar-refractivity contribution in [3.8, 4) is 0 Å². The molecule has 4 N–H and O–H groups in total. The fraction of sp³-hybridized carbons (Fsp3) is 0.250. The molecule has 1 rings (SSSR count). The van der Waals surface area contributed by atoms with Gasteiger partial charge in [-0.15, -0.1) is 0 Å². The molecule has 0 bridgehead atoms. The van der Waals surface area contributed by atoms with Gasteiger partial charge in [-0.1, -0.05) is 6.07 Å². The van der Waals surface area contributed by atoms with E-state index in [9.17, 15) is 13.0 Å². The van der Waals surface area contributed by atoms with Crippen LogP contribution >= 0.6 is 7.82 Å². The maximum absolute atomic E-state index is 11.7. The smallest absolute Gasteiger partial charge is 0.399 e. The number of hydrogen-bond donors (Lipinski definition) is 3. The van der Waals surface area contributed by atoms with Crippen LogP contribution in [0.1, 0.15) is 0 Å². The van der Waals surface area contributed by atoms with E-state index in [4.69, 9.17) is 15.5 Å². The Morgan fingerprint density at radius 3 is 2.53 bits per heavy atom. The van der Waals surface area contributed by atoms with Crippen LogP contribution in [0.5, 0.6) is 0 Å². The van der Waals surface area contributed by atoms with Crippen molar-refractivity contribution in [1.29, 1.82) is 0 Å². The number of rotatable bonds is 5. The Morgan fingerprint density at radius 2 is 2.00 bits per heavy atom. The lowest BCUT2D eigenvalue weighted by atomic mass is 10.3. The van der Waals surface area contributed by atoms with Gasteiger partial charge in [0.2, 0.25) is 0 Å². The Labute approximate surface area is 98.4 Å². The fourth-order valence-electron chi connectivity index (χ4n) is 1.09. The lowest BCUT2D eigenvalue weighted by Gasteiger charge is -2.06. The molecule has 0 aromatic heterocycles. The normalized spacial score (nSPS) is 12.6. The van der Waals surface area contributed by atoms with Crippen molar-refractivity contribution in [3.63, 3.8) is 0 Å². The largest absolute Gasteiger partial charge is 0.469 e. The molecule has 17 heavy (non-hydrogen) atoms. The van der Waals surface area contributed by atoms with E-state index in [1.807, 2.05) is 0 Å². The molecule has 0 amide bonds. The Kier molecular flexibility index (Phi) is 4.29. The zero-order valence-electron chi connectivity index (χ0n) is 8.68. The molecule has 96 valence electrons. The SMILES string of the molecule is Nc1cccc(S(=O)(=O)CCOP(=O)(O)O)c1. The predicted molar refractivity (Wildman–Crippen MR) is 60.9 cm³/mol. The molecule has 0 unspecified atom stereocenters. The Morgan fingerprint density at radius 1 is 1.35 bits per heavy atom. The quantitative estimate of drug-likeness (QED) is 0.518. The highest BCUT2D eigenvalue weighted by Crippen LogP contribution is 2.35. The van der Waals surface area contributed by atoms with Gasteiger partial charge < -0.3 is 15.5 Å². The van der Waals surface area contributed by atoms with E-state index in [0.29, 0.717) is 5.69 Å². The number of benzene rings is 1. The monoisotopic (exact) mass is 281 g/mol. The standard InChI is InChI=1S/C8H12NO6PS/c9-7-2-1-3-8(6-7)17(13,14)5-4-15-16(10,11)12/h1-3,6H,4-5,9H2,(H2,10,11,12). The number of phosphoric acid groups is 1. The first kappa shape index (κ1) is 14.1. The Bertz CT molecular complexity index is 537. The highest BCUT2D eigenvalue weighted by atomic mass is 32.2. The van der Waals surface area contributed by atoms with Crippen LogP contribution in [0.25, 0.3) is 0 Å². The molecule has 7 nitrogen and oxygen atoms in total. The average Bonchev–Trinajstić information content (AvgIpc) is 2.15. The zero-order chi connectivity index (χ0) is 13.1. The first-order valence-corrected chi connectivity index (χ1v) is 7.67. The minimum Gasteiger partial charge on any atom is -0.399 e. The van der Waals surface area contributed by atoms with Gasteiger partial charge in [0.15, 0.2) is 9.84 Å². The van der Waals surface area contributed by atoms with Gasteiger partial charge in [-0.05, 0) is 18.2 Å². The molecule has 0 spiro atoms. The third-order valence-corrected chi connectivity index (χ3v) is 4.02. The van der Waals surface area contributed by atoms with Gasteiger partial charge in [-0.3, -0.25) is 4.52 Å². The predicted octanol–water partition coefficient (Wildman–Crippen LogP) is 0.152. The second-order valence-corrected chi connectivity index (χ2v) is 6.56. The van der Waals surface area contributed by atoms with Crippen LogP contribution < -0.4 is 5.73 Å². The minimum atomic E-state index is -4.64. The number of nitrogen functional groups attached to an aromatic ring is 1. The van der Waals surface area contributed by atoms with Crippen molar-refractivity contribution in [3.05, 3.63) is 24.3 Å². The molecule has 0 aliphatic rings. The van der Waals surface area contributed by atoms with Crippen LogP contribution in [0.3, 0.4) is 0 Å². The summed E-state index contributed by atoms with van der Waals surface area (Å²) in [6, 6.07) is 5.63. The van der Waals surface area contributed by atoms with Gasteiger partial charge in [0.05, 0.1) is 17.3 Å². The molecule has 1 aromatic carbocycles. The van der Waals surface area contributed by atoms with E-state index in [2.05, 4.69) is 4.52 Å². The summed E-state index contributed by atoms with van der Waals surface area (Å²) >= 11 is 0. The molecule has 0 saturated carbocycles. The van der Waals surface area contributed by atoms with Gasteiger partial charge in [0.1, 0.15) is 0 Å². The van der Waals surface area contributed by atoms with Crippen molar-refractivity contribution in [2.75, 3.05) is 18.1 Å². The number of phosphoric ester groups is 1. The summed E-state index contributed by atoms with van der Waals surface area (Å²) in [5.74, 6) is -0.526. The maximum Gasteiger partial charge on any atom is 0.469 e. The van der Waals surface area contributed by atoms with Gasteiger partial charge in [-0.2, -0.15) is 0 Å². The van der Waals surface area contributed by atoms with Crippen LogP contribution in [0, 0.1) is 0 Å². The summed E-state index contributed by atoms with van der Waals surface area (Å²) in [6.07, 6.45) is 0. The van der Waals surface area contributed by atoms with Crippen LogP contribution in [0.4, 0.5) is 5.69 Å². The molecule has 1 aromatic rings. The summed E-state index contributed by atoms with van der Waals surface area (Å²) in [5, 5.41) is 0. The zero-order valence-corrected chi connectivity index (χ0v) is 10.4. The van der Waals surface area contributed by atoms with E-state index in [-0.39, 0.29) is 4.90 Å². The lowest BCUT2D eigenvalue weighted by Crippen LogP contribution is -2.12. The number of nitrogens with two attached hydrogens (primary N) is 1.